The number of carbonyl (C=O) groups is 1. The molecule has 142 valence electrons. The summed E-state index contributed by atoms with van der Waals surface area (Å²) in [6.45, 7) is 4.52. The molecule has 0 unspecified atom stereocenters. The first-order valence-corrected chi connectivity index (χ1v) is 9.02. The number of hydrogen-bond acceptors (Lipinski definition) is 4. The van der Waals surface area contributed by atoms with Crippen molar-refractivity contribution in [3.05, 3.63) is 78.0 Å². The minimum absolute atomic E-state index is 0.0554. The maximum atomic E-state index is 12.1. The molecule has 1 aromatic carbocycles. The summed E-state index contributed by atoms with van der Waals surface area (Å²) in [7, 11) is 0. The van der Waals surface area contributed by atoms with E-state index in [-0.39, 0.29) is 12.5 Å². The first kappa shape index (κ1) is 17.8. The lowest BCUT2D eigenvalue weighted by molar-refractivity contribution is -0.118. The molecular weight excluding hydrogens is 354 g/mol. The second-order valence-corrected chi connectivity index (χ2v) is 6.71. The van der Waals surface area contributed by atoms with Gasteiger partial charge < -0.3 is 14.5 Å². The summed E-state index contributed by atoms with van der Waals surface area (Å²) in [6, 6.07) is 11.6. The Morgan fingerprint density at radius 2 is 2.04 bits per heavy atom. The van der Waals surface area contributed by atoms with E-state index in [2.05, 4.69) is 15.4 Å². The summed E-state index contributed by atoms with van der Waals surface area (Å²) < 4.78 is 9.26. The number of hydrogen-bond donors (Lipinski definition) is 1. The monoisotopic (exact) mass is 375 g/mol. The Labute approximate surface area is 162 Å². The number of aryl methyl sites for hydroxylation is 2. The highest BCUT2D eigenvalue weighted by molar-refractivity contribution is 5.91. The number of ether oxygens (including phenoxy) is 1. The summed E-state index contributed by atoms with van der Waals surface area (Å²) in [6.07, 6.45) is 7.31. The van der Waals surface area contributed by atoms with Crippen molar-refractivity contribution in [2.75, 3.05) is 11.9 Å². The molecule has 3 heterocycles. The van der Waals surface area contributed by atoms with Crippen molar-refractivity contribution in [2.24, 2.45) is 0 Å². The third kappa shape index (κ3) is 4.03. The minimum Gasteiger partial charge on any atom is -0.484 e. The van der Waals surface area contributed by atoms with Crippen LogP contribution in [-0.4, -0.2) is 31.7 Å². The van der Waals surface area contributed by atoms with Crippen molar-refractivity contribution >= 4 is 17.2 Å². The van der Waals surface area contributed by atoms with Gasteiger partial charge in [0, 0.05) is 18.6 Å². The van der Waals surface area contributed by atoms with E-state index in [0.29, 0.717) is 18.0 Å². The van der Waals surface area contributed by atoms with Gasteiger partial charge in [0.25, 0.3) is 5.91 Å². The van der Waals surface area contributed by atoms with Crippen molar-refractivity contribution in [1.82, 2.24) is 19.2 Å². The summed E-state index contributed by atoms with van der Waals surface area (Å²) in [4.78, 5) is 16.7. The maximum Gasteiger partial charge on any atom is 0.262 e. The molecule has 0 atom stereocenters. The Hall–Kier alpha value is -3.61. The number of rotatable bonds is 6. The Kier molecular flexibility index (Phi) is 4.80. The second kappa shape index (κ2) is 7.56. The first-order chi connectivity index (χ1) is 13.6. The van der Waals surface area contributed by atoms with E-state index in [1.807, 2.05) is 67.0 Å². The van der Waals surface area contributed by atoms with Gasteiger partial charge in [0.1, 0.15) is 11.4 Å². The molecule has 1 amide bonds. The zero-order valence-corrected chi connectivity index (χ0v) is 15.8. The van der Waals surface area contributed by atoms with Gasteiger partial charge in [0.05, 0.1) is 24.1 Å². The molecule has 0 bridgehead atoms. The second-order valence-electron chi connectivity index (χ2n) is 6.71. The molecule has 0 aliphatic heterocycles. The zero-order valence-electron chi connectivity index (χ0n) is 15.8. The number of carbonyl (C=O) groups excluding carboxylic acids is 1. The summed E-state index contributed by atoms with van der Waals surface area (Å²) in [5.41, 5.74) is 4.73. The number of aromatic nitrogens is 4. The number of pyridine rings is 1. The van der Waals surface area contributed by atoms with Crippen LogP contribution >= 0.6 is 0 Å². The molecule has 4 rings (SSSR count). The summed E-state index contributed by atoms with van der Waals surface area (Å²) >= 11 is 0. The lowest BCUT2D eigenvalue weighted by atomic mass is 10.1. The fourth-order valence-corrected chi connectivity index (χ4v) is 2.89. The predicted octanol–water partition coefficient (Wildman–Crippen LogP) is 3.21. The van der Waals surface area contributed by atoms with E-state index in [1.165, 1.54) is 5.56 Å². The molecule has 28 heavy (non-hydrogen) atoms. The van der Waals surface area contributed by atoms with Crippen molar-refractivity contribution in [3.8, 4) is 5.75 Å². The van der Waals surface area contributed by atoms with E-state index in [9.17, 15) is 4.79 Å². The smallest absolute Gasteiger partial charge is 0.262 e. The number of fused-ring (bicyclic) bond motifs is 1. The van der Waals surface area contributed by atoms with E-state index in [1.54, 1.807) is 17.1 Å². The first-order valence-electron chi connectivity index (χ1n) is 9.02. The third-order valence-electron chi connectivity index (χ3n) is 4.50. The Balaban J connectivity index is 1.33. The number of amides is 1. The van der Waals surface area contributed by atoms with Crippen molar-refractivity contribution in [3.63, 3.8) is 0 Å². The molecule has 4 aromatic rings. The van der Waals surface area contributed by atoms with Crippen LogP contribution in [-0.2, 0) is 11.3 Å². The van der Waals surface area contributed by atoms with Crippen LogP contribution in [0.4, 0.5) is 5.69 Å². The molecule has 0 saturated heterocycles. The molecule has 7 heteroatoms. The van der Waals surface area contributed by atoms with Gasteiger partial charge in [-0.3, -0.25) is 9.48 Å². The SMILES string of the molecule is Cc1ccc(OCC(=O)Nc2cnn(Cc3cn4ccccc4n3)c2)cc1C. The minimum atomic E-state index is -0.231. The van der Waals surface area contributed by atoms with Gasteiger partial charge in [0.15, 0.2) is 6.61 Å². The average Bonchev–Trinajstić information content (AvgIpc) is 3.29. The van der Waals surface area contributed by atoms with Gasteiger partial charge in [-0.2, -0.15) is 5.10 Å². The number of anilines is 1. The van der Waals surface area contributed by atoms with Crippen LogP contribution in [0, 0.1) is 13.8 Å². The summed E-state index contributed by atoms with van der Waals surface area (Å²) in [5.74, 6) is 0.450. The lowest BCUT2D eigenvalue weighted by Crippen LogP contribution is -2.19. The highest BCUT2D eigenvalue weighted by Gasteiger charge is 2.08. The lowest BCUT2D eigenvalue weighted by Gasteiger charge is -2.08. The quantitative estimate of drug-likeness (QED) is 0.562. The number of nitrogens with one attached hydrogen (secondary N) is 1. The van der Waals surface area contributed by atoms with Crippen LogP contribution in [0.25, 0.3) is 5.65 Å². The van der Waals surface area contributed by atoms with Crippen molar-refractivity contribution in [2.45, 2.75) is 20.4 Å². The Bertz CT molecular complexity index is 1100. The summed E-state index contributed by atoms with van der Waals surface area (Å²) in [5, 5.41) is 7.08. The largest absolute Gasteiger partial charge is 0.484 e. The molecule has 0 spiro atoms. The Morgan fingerprint density at radius 3 is 2.86 bits per heavy atom. The van der Waals surface area contributed by atoms with Gasteiger partial charge in [-0.1, -0.05) is 12.1 Å². The average molecular weight is 375 g/mol. The highest BCUT2D eigenvalue weighted by atomic mass is 16.5. The molecular formula is C21H21N5O2. The van der Waals surface area contributed by atoms with Gasteiger partial charge in [-0.25, -0.2) is 4.98 Å². The fourth-order valence-electron chi connectivity index (χ4n) is 2.89. The van der Waals surface area contributed by atoms with E-state index in [4.69, 9.17) is 4.74 Å². The normalized spacial score (nSPS) is 10.9. The van der Waals surface area contributed by atoms with Crippen molar-refractivity contribution < 1.29 is 9.53 Å². The van der Waals surface area contributed by atoms with Crippen LogP contribution in [0.5, 0.6) is 5.75 Å². The van der Waals surface area contributed by atoms with Crippen LogP contribution in [0.3, 0.4) is 0 Å². The number of benzene rings is 1. The molecule has 0 aliphatic rings. The van der Waals surface area contributed by atoms with E-state index >= 15 is 0 Å². The molecule has 0 fully saturated rings. The van der Waals surface area contributed by atoms with Crippen molar-refractivity contribution in [1.29, 1.82) is 0 Å². The highest BCUT2D eigenvalue weighted by Crippen LogP contribution is 2.16. The van der Waals surface area contributed by atoms with Gasteiger partial charge in [-0.15, -0.1) is 0 Å². The molecule has 0 radical (unpaired) electrons. The van der Waals surface area contributed by atoms with E-state index < -0.39 is 0 Å². The van der Waals surface area contributed by atoms with Gasteiger partial charge in [-0.05, 0) is 49.2 Å². The van der Waals surface area contributed by atoms with E-state index in [0.717, 1.165) is 16.9 Å². The molecule has 1 N–H and O–H groups in total. The van der Waals surface area contributed by atoms with Crippen LogP contribution in [0.2, 0.25) is 0 Å². The maximum absolute atomic E-state index is 12.1. The van der Waals surface area contributed by atoms with Gasteiger partial charge >= 0.3 is 0 Å². The molecule has 0 aliphatic carbocycles. The molecule has 0 saturated carbocycles. The van der Waals surface area contributed by atoms with Gasteiger partial charge in [0.2, 0.25) is 0 Å². The topological polar surface area (TPSA) is 73.5 Å². The standard InChI is InChI=1S/C21H21N5O2/c1-15-6-7-19(9-16(15)2)28-14-21(27)24-17-10-22-26(12-17)13-18-11-25-8-4-3-5-20(25)23-18/h3-12H,13-14H2,1-2H3,(H,24,27). The Morgan fingerprint density at radius 1 is 1.14 bits per heavy atom. The fraction of sp³-hybridized carbons (Fsp3) is 0.190. The molecule has 3 aromatic heterocycles. The number of imidazole rings is 1. The zero-order chi connectivity index (χ0) is 19.5. The number of nitrogens with zero attached hydrogens (tertiary/aromatic N) is 4. The van der Waals surface area contributed by atoms with Crippen LogP contribution in [0.1, 0.15) is 16.8 Å². The van der Waals surface area contributed by atoms with Crippen LogP contribution in [0.15, 0.2) is 61.2 Å². The third-order valence-corrected chi connectivity index (χ3v) is 4.50. The molecule has 7 nitrogen and oxygen atoms in total. The predicted molar refractivity (Wildman–Crippen MR) is 107 cm³/mol. The van der Waals surface area contributed by atoms with Crippen LogP contribution < -0.4 is 10.1 Å².